The zero-order valence-corrected chi connectivity index (χ0v) is 18.1. The number of hydrogen-bond acceptors (Lipinski definition) is 9. The topological polar surface area (TPSA) is 120 Å². The first-order chi connectivity index (χ1) is 16.1. The van der Waals surface area contributed by atoms with Crippen molar-refractivity contribution in [1.29, 1.82) is 0 Å². The van der Waals surface area contributed by atoms with Crippen LogP contribution in [0.5, 0.6) is 0 Å². The van der Waals surface area contributed by atoms with Gasteiger partial charge < -0.3 is 20.7 Å². The highest BCUT2D eigenvalue weighted by Gasteiger charge is 2.49. The Kier molecular flexibility index (Phi) is 4.47. The Morgan fingerprint density at radius 1 is 0.970 bits per heavy atom. The van der Waals surface area contributed by atoms with Crippen LogP contribution >= 0.6 is 0 Å². The number of aromatic nitrogens is 6. The van der Waals surface area contributed by atoms with Crippen molar-refractivity contribution < 1.29 is 4.74 Å². The molecule has 0 bridgehead atoms. The first-order valence-corrected chi connectivity index (χ1v) is 10.7. The quantitative estimate of drug-likeness (QED) is 0.481. The lowest BCUT2D eigenvalue weighted by Crippen LogP contribution is -2.66. The van der Waals surface area contributed by atoms with Crippen LogP contribution in [-0.2, 0) is 11.8 Å². The molecule has 6 rings (SSSR count). The second-order valence-corrected chi connectivity index (χ2v) is 8.64. The van der Waals surface area contributed by atoms with Gasteiger partial charge in [0, 0.05) is 49.3 Å². The maximum Gasteiger partial charge on any atom is 0.225 e. The van der Waals surface area contributed by atoms with Crippen molar-refractivity contribution in [3.8, 4) is 22.6 Å². The SMILES string of the molecule is Cn1nc(-c2ccc(N3CC4(COC4)C3)nc2)nc1Nc1ccc(-c2ccnc(N)n2)cc1. The van der Waals surface area contributed by atoms with E-state index in [0.717, 1.165) is 54.6 Å². The Bertz CT molecular complexity index is 1290. The van der Waals surface area contributed by atoms with Gasteiger partial charge in [0.25, 0.3) is 0 Å². The normalized spacial score (nSPS) is 16.3. The molecular weight excluding hydrogens is 418 g/mol. The Morgan fingerprint density at radius 3 is 2.42 bits per heavy atom. The fourth-order valence-electron chi connectivity index (χ4n) is 4.21. The number of aryl methyl sites for hydroxylation is 1. The van der Waals surface area contributed by atoms with Crippen molar-refractivity contribution in [2.24, 2.45) is 12.5 Å². The molecule has 5 heterocycles. The zero-order chi connectivity index (χ0) is 22.4. The van der Waals surface area contributed by atoms with E-state index >= 15 is 0 Å². The Labute approximate surface area is 190 Å². The van der Waals surface area contributed by atoms with Gasteiger partial charge in [-0.15, -0.1) is 5.10 Å². The molecule has 0 saturated carbocycles. The number of nitrogens with one attached hydrogen (secondary N) is 1. The van der Waals surface area contributed by atoms with E-state index in [1.807, 2.05) is 55.7 Å². The van der Waals surface area contributed by atoms with Gasteiger partial charge in [0.2, 0.25) is 11.9 Å². The van der Waals surface area contributed by atoms with Crippen LogP contribution in [0.4, 0.5) is 23.4 Å². The van der Waals surface area contributed by atoms with Crippen LogP contribution in [0.1, 0.15) is 0 Å². The molecular formula is C23H23N9O. The summed E-state index contributed by atoms with van der Waals surface area (Å²) in [6.07, 6.45) is 3.48. The van der Waals surface area contributed by atoms with E-state index < -0.39 is 0 Å². The van der Waals surface area contributed by atoms with Crippen molar-refractivity contribution in [3.63, 3.8) is 0 Å². The molecule has 166 valence electrons. The van der Waals surface area contributed by atoms with Crippen LogP contribution in [0.3, 0.4) is 0 Å². The molecule has 2 aliphatic rings. The van der Waals surface area contributed by atoms with E-state index in [1.165, 1.54) is 0 Å². The summed E-state index contributed by atoms with van der Waals surface area (Å²) in [5.74, 6) is 2.50. The van der Waals surface area contributed by atoms with Gasteiger partial charge in [-0.1, -0.05) is 12.1 Å². The molecule has 10 nitrogen and oxygen atoms in total. The lowest BCUT2D eigenvalue weighted by Gasteiger charge is -2.55. The second kappa shape index (κ2) is 7.52. The van der Waals surface area contributed by atoms with Gasteiger partial charge in [-0.25, -0.2) is 19.6 Å². The van der Waals surface area contributed by atoms with Crippen molar-refractivity contribution in [2.45, 2.75) is 0 Å². The molecule has 3 N–H and O–H groups in total. The van der Waals surface area contributed by atoms with Crippen LogP contribution in [0, 0.1) is 5.41 Å². The molecule has 4 aromatic rings. The molecule has 1 spiro atoms. The maximum atomic E-state index is 5.68. The van der Waals surface area contributed by atoms with Gasteiger partial charge in [-0.2, -0.15) is 4.98 Å². The number of hydrogen-bond donors (Lipinski definition) is 2. The summed E-state index contributed by atoms with van der Waals surface area (Å²) >= 11 is 0. The van der Waals surface area contributed by atoms with Gasteiger partial charge >= 0.3 is 0 Å². The van der Waals surface area contributed by atoms with Crippen molar-refractivity contribution >= 4 is 23.4 Å². The smallest absolute Gasteiger partial charge is 0.225 e. The minimum absolute atomic E-state index is 0.255. The third-order valence-electron chi connectivity index (χ3n) is 6.07. The number of anilines is 4. The number of nitrogens with two attached hydrogens (primary N) is 1. The summed E-state index contributed by atoms with van der Waals surface area (Å²) in [6.45, 7) is 3.76. The number of nitrogens with zero attached hydrogens (tertiary/aromatic N) is 7. The lowest BCUT2D eigenvalue weighted by atomic mass is 9.78. The van der Waals surface area contributed by atoms with Crippen LogP contribution < -0.4 is 16.0 Å². The molecule has 0 unspecified atom stereocenters. The van der Waals surface area contributed by atoms with E-state index in [-0.39, 0.29) is 5.95 Å². The molecule has 10 heteroatoms. The van der Waals surface area contributed by atoms with Crippen LogP contribution in [0.2, 0.25) is 0 Å². The van der Waals surface area contributed by atoms with Crippen LogP contribution in [-0.4, -0.2) is 56.0 Å². The van der Waals surface area contributed by atoms with Gasteiger partial charge in [0.05, 0.1) is 24.3 Å². The van der Waals surface area contributed by atoms with E-state index in [0.29, 0.717) is 17.2 Å². The highest BCUT2D eigenvalue weighted by Crippen LogP contribution is 2.39. The average Bonchev–Trinajstić information content (AvgIpc) is 3.13. The number of nitrogen functional groups attached to an aromatic ring is 1. The average molecular weight is 441 g/mol. The highest BCUT2D eigenvalue weighted by molar-refractivity contribution is 5.66. The molecule has 0 aliphatic carbocycles. The van der Waals surface area contributed by atoms with Crippen LogP contribution in [0.15, 0.2) is 54.9 Å². The summed E-state index contributed by atoms with van der Waals surface area (Å²) in [7, 11) is 1.86. The number of benzene rings is 1. The molecule has 0 amide bonds. The van der Waals surface area contributed by atoms with Crippen molar-refractivity contribution in [3.05, 3.63) is 54.9 Å². The van der Waals surface area contributed by atoms with E-state index in [2.05, 4.69) is 35.3 Å². The molecule has 2 saturated heterocycles. The highest BCUT2D eigenvalue weighted by atomic mass is 16.5. The first kappa shape index (κ1) is 19.6. The second-order valence-electron chi connectivity index (χ2n) is 8.64. The Morgan fingerprint density at radius 2 is 1.76 bits per heavy atom. The number of pyridine rings is 1. The Balaban J connectivity index is 1.15. The summed E-state index contributed by atoms with van der Waals surface area (Å²) in [5.41, 5.74) is 9.55. The monoisotopic (exact) mass is 441 g/mol. The third-order valence-corrected chi connectivity index (χ3v) is 6.07. The Hall–Kier alpha value is -4.05. The van der Waals surface area contributed by atoms with Crippen molar-refractivity contribution in [1.82, 2.24) is 29.7 Å². The van der Waals surface area contributed by atoms with E-state index in [1.54, 1.807) is 10.9 Å². The summed E-state index contributed by atoms with van der Waals surface area (Å²) in [5, 5.41) is 7.86. The largest absolute Gasteiger partial charge is 0.380 e. The predicted molar refractivity (Wildman–Crippen MR) is 125 cm³/mol. The zero-order valence-electron chi connectivity index (χ0n) is 18.1. The lowest BCUT2D eigenvalue weighted by molar-refractivity contribution is -0.127. The molecule has 1 aromatic carbocycles. The minimum atomic E-state index is 0.255. The molecule has 33 heavy (non-hydrogen) atoms. The van der Waals surface area contributed by atoms with E-state index in [4.69, 9.17) is 10.5 Å². The third kappa shape index (κ3) is 3.64. The summed E-state index contributed by atoms with van der Waals surface area (Å²) < 4.78 is 7.07. The standard InChI is InChI=1S/C23H23N9O/c1-31-22(27-17-5-2-15(3-6-17)18-8-9-25-21(24)28-18)29-20(30-31)16-4-7-19(26-10-16)32-11-23(12-32)13-33-14-23/h2-10H,11-14H2,1H3,(H2,24,25,28)(H,27,29,30). The molecule has 0 atom stereocenters. The van der Waals surface area contributed by atoms with Crippen LogP contribution in [0.25, 0.3) is 22.6 Å². The summed E-state index contributed by atoms with van der Waals surface area (Å²) in [6, 6.07) is 13.8. The fraction of sp³-hybridized carbons (Fsp3) is 0.261. The fourth-order valence-corrected chi connectivity index (χ4v) is 4.21. The number of rotatable bonds is 5. The summed E-state index contributed by atoms with van der Waals surface area (Å²) in [4.78, 5) is 19.7. The van der Waals surface area contributed by atoms with Gasteiger partial charge in [0.1, 0.15) is 5.82 Å². The van der Waals surface area contributed by atoms with Gasteiger partial charge in [-0.3, -0.25) is 0 Å². The number of ether oxygens (including phenoxy) is 1. The molecule has 0 radical (unpaired) electrons. The molecule has 3 aromatic heterocycles. The van der Waals surface area contributed by atoms with E-state index in [9.17, 15) is 0 Å². The first-order valence-electron chi connectivity index (χ1n) is 10.7. The minimum Gasteiger partial charge on any atom is -0.380 e. The molecule has 2 fully saturated rings. The van der Waals surface area contributed by atoms with Crippen molar-refractivity contribution in [2.75, 3.05) is 42.3 Å². The van der Waals surface area contributed by atoms with Gasteiger partial charge in [0.15, 0.2) is 5.82 Å². The molecule has 2 aliphatic heterocycles. The predicted octanol–water partition coefficient (Wildman–Crippen LogP) is 2.50. The maximum absolute atomic E-state index is 5.68. The van der Waals surface area contributed by atoms with Gasteiger partial charge in [-0.05, 0) is 30.3 Å².